The highest BCUT2D eigenvalue weighted by atomic mass is 79.9. The first-order valence-corrected chi connectivity index (χ1v) is 5.80. The average molecular weight is 492 g/mol. The van der Waals surface area contributed by atoms with E-state index < -0.39 is 34.1 Å². The Morgan fingerprint density at radius 2 is 0.591 bits per heavy atom. The van der Waals surface area contributed by atoms with Crippen molar-refractivity contribution in [2.24, 2.45) is 0 Å². The Kier molecular flexibility index (Phi) is 5.85. The second-order valence-corrected chi connectivity index (χ2v) is 5.26. The lowest BCUT2D eigenvalue weighted by Gasteiger charge is -2.33. The van der Waals surface area contributed by atoms with Gasteiger partial charge in [0.1, 0.15) is 0 Å². The Bertz CT molecular complexity index is 361. The monoisotopic (exact) mass is 490 g/mol. The predicted molar refractivity (Wildman–Crippen MR) is 49.7 cm³/mol. The quantitative estimate of drug-likeness (QED) is 0.352. The zero-order valence-electron chi connectivity index (χ0n) is 9.11. The molecule has 0 radical (unpaired) electrons. The summed E-state index contributed by atoms with van der Waals surface area (Å²) in [6.07, 6.45) is -26.4. The molecular formula is C6Br2F12O2. The van der Waals surface area contributed by atoms with Crippen molar-refractivity contribution in [1.29, 1.82) is 0 Å². The fraction of sp³-hybridized carbons (Fsp3) is 1.00. The molecule has 0 bridgehead atoms. The number of hydrogen-bond donors (Lipinski definition) is 0. The van der Waals surface area contributed by atoms with Crippen LogP contribution in [0.25, 0.3) is 0 Å². The molecule has 0 aromatic carbocycles. The Labute approximate surface area is 129 Å². The Balaban J connectivity index is 5.44. The molecule has 0 aromatic heterocycles. The molecule has 0 aliphatic heterocycles. The number of ether oxygens (including phenoxy) is 2. The number of rotatable bonds is 7. The molecule has 134 valence electrons. The molecule has 0 aromatic rings. The molecule has 0 fully saturated rings. The Hall–Kier alpha value is 0.0400. The fourth-order valence-corrected chi connectivity index (χ4v) is 0.718. The molecule has 0 atom stereocenters. The maximum Gasteiger partial charge on any atom is 0.453 e. The molecule has 0 amide bonds. The van der Waals surface area contributed by atoms with Crippen LogP contribution in [-0.4, -0.2) is 34.1 Å². The standard InChI is InChI=1S/C6Br2F12O2/c7-1(9,10)3(13,14)21-5(17,18)6(19,20)22-4(15,16)2(8,11)12. The van der Waals surface area contributed by atoms with Crippen LogP contribution < -0.4 is 0 Å². The van der Waals surface area contributed by atoms with Crippen LogP contribution in [0.2, 0.25) is 0 Å². The van der Waals surface area contributed by atoms with Crippen LogP contribution >= 0.6 is 31.9 Å². The van der Waals surface area contributed by atoms with E-state index in [-0.39, 0.29) is 0 Å². The van der Waals surface area contributed by atoms with E-state index in [0.29, 0.717) is 0 Å². The van der Waals surface area contributed by atoms with E-state index in [0.717, 1.165) is 31.9 Å². The van der Waals surface area contributed by atoms with E-state index in [1.165, 1.54) is 0 Å². The minimum atomic E-state index is -6.84. The summed E-state index contributed by atoms with van der Waals surface area (Å²) >= 11 is 1.62. The zero-order chi connectivity index (χ0) is 18.4. The summed E-state index contributed by atoms with van der Waals surface area (Å²) in [6.45, 7) is 0. The third-order valence-electron chi connectivity index (χ3n) is 1.51. The highest BCUT2D eigenvalue weighted by Crippen LogP contribution is 2.51. The second kappa shape index (κ2) is 5.84. The average Bonchev–Trinajstić information content (AvgIpc) is 2.09. The number of halogens is 14. The van der Waals surface area contributed by atoms with Crippen LogP contribution in [-0.2, 0) is 9.47 Å². The van der Waals surface area contributed by atoms with E-state index >= 15 is 0 Å². The zero-order valence-corrected chi connectivity index (χ0v) is 12.3. The van der Waals surface area contributed by atoms with Gasteiger partial charge in [-0.15, -0.1) is 0 Å². The molecule has 0 heterocycles. The van der Waals surface area contributed by atoms with Crippen LogP contribution in [0.15, 0.2) is 0 Å². The summed E-state index contributed by atoms with van der Waals surface area (Å²) in [7, 11) is 0. The highest BCUT2D eigenvalue weighted by Gasteiger charge is 2.73. The topological polar surface area (TPSA) is 18.5 Å². The third-order valence-corrected chi connectivity index (χ3v) is 2.43. The van der Waals surface area contributed by atoms with Crippen molar-refractivity contribution in [2.75, 3.05) is 0 Å². The largest absolute Gasteiger partial charge is 0.453 e. The van der Waals surface area contributed by atoms with Crippen LogP contribution in [0.4, 0.5) is 52.7 Å². The molecule has 0 spiro atoms. The van der Waals surface area contributed by atoms with E-state index in [4.69, 9.17) is 0 Å². The van der Waals surface area contributed by atoms with Gasteiger partial charge in [-0.05, 0) is 0 Å². The van der Waals surface area contributed by atoms with E-state index in [1.54, 1.807) is 9.47 Å². The van der Waals surface area contributed by atoms with Crippen molar-refractivity contribution in [3.63, 3.8) is 0 Å². The minimum absolute atomic E-state index is 0.810. The van der Waals surface area contributed by atoms with E-state index in [2.05, 4.69) is 0 Å². The van der Waals surface area contributed by atoms with Gasteiger partial charge < -0.3 is 0 Å². The van der Waals surface area contributed by atoms with Gasteiger partial charge in [-0.3, -0.25) is 0 Å². The first kappa shape index (κ1) is 22.0. The number of alkyl halides is 14. The maximum atomic E-state index is 12.6. The summed E-state index contributed by atoms with van der Waals surface area (Å²) in [5, 5.41) is 0. The van der Waals surface area contributed by atoms with Gasteiger partial charge in [-0.25, -0.2) is 9.47 Å². The van der Waals surface area contributed by atoms with Crippen molar-refractivity contribution < 1.29 is 62.2 Å². The van der Waals surface area contributed by atoms with Crippen LogP contribution in [0.3, 0.4) is 0 Å². The summed E-state index contributed by atoms with van der Waals surface area (Å²) in [6, 6.07) is 0. The Morgan fingerprint density at radius 1 is 0.409 bits per heavy atom. The van der Waals surface area contributed by atoms with Gasteiger partial charge in [-0.2, -0.15) is 52.7 Å². The normalized spacial score (nSPS) is 16.1. The molecule has 0 rings (SSSR count). The first-order chi connectivity index (χ1) is 9.16. The molecule has 0 N–H and O–H groups in total. The summed E-state index contributed by atoms with van der Waals surface area (Å²) in [5.41, 5.74) is 0. The molecule has 16 heteroatoms. The van der Waals surface area contributed by atoms with Gasteiger partial charge in [0.15, 0.2) is 0 Å². The third kappa shape index (κ3) is 4.77. The molecule has 2 nitrogen and oxygen atoms in total. The van der Waals surface area contributed by atoms with Crippen molar-refractivity contribution in [3.05, 3.63) is 0 Å². The lowest BCUT2D eigenvalue weighted by molar-refractivity contribution is -0.530. The van der Waals surface area contributed by atoms with Crippen LogP contribution in [0.5, 0.6) is 0 Å². The van der Waals surface area contributed by atoms with Crippen molar-refractivity contribution in [2.45, 2.75) is 34.1 Å². The first-order valence-electron chi connectivity index (χ1n) is 4.21. The minimum Gasteiger partial charge on any atom is -0.242 e. The summed E-state index contributed by atoms with van der Waals surface area (Å²) < 4.78 is 152. The van der Waals surface area contributed by atoms with Crippen molar-refractivity contribution in [1.82, 2.24) is 0 Å². The van der Waals surface area contributed by atoms with Crippen LogP contribution in [0, 0.1) is 0 Å². The van der Waals surface area contributed by atoms with Crippen molar-refractivity contribution in [3.8, 4) is 0 Å². The van der Waals surface area contributed by atoms with Crippen molar-refractivity contribution >= 4 is 31.9 Å². The van der Waals surface area contributed by atoms with Gasteiger partial charge in [-0.1, -0.05) is 0 Å². The fourth-order valence-electron chi connectivity index (χ4n) is 0.557. The molecule has 0 aliphatic rings. The lowest BCUT2D eigenvalue weighted by atomic mass is 10.5. The summed E-state index contributed by atoms with van der Waals surface area (Å²) in [5.74, 6) is 0. The molecule has 22 heavy (non-hydrogen) atoms. The molecule has 0 saturated carbocycles. The predicted octanol–water partition coefficient (Wildman–Crippen LogP) is 5.37. The van der Waals surface area contributed by atoms with Gasteiger partial charge >= 0.3 is 34.1 Å². The SMILES string of the molecule is FC(F)(Br)C(F)(F)OC(F)(F)C(F)(F)OC(F)(F)C(F)(F)Br. The van der Waals surface area contributed by atoms with Gasteiger partial charge in [0.05, 0.1) is 0 Å². The number of hydrogen-bond acceptors (Lipinski definition) is 2. The van der Waals surface area contributed by atoms with Gasteiger partial charge in [0, 0.05) is 31.9 Å². The maximum absolute atomic E-state index is 12.6. The molecule has 0 saturated heterocycles. The smallest absolute Gasteiger partial charge is 0.242 e. The highest BCUT2D eigenvalue weighted by molar-refractivity contribution is 9.10. The van der Waals surface area contributed by atoms with E-state index in [9.17, 15) is 52.7 Å². The van der Waals surface area contributed by atoms with E-state index in [1.807, 2.05) is 0 Å². The van der Waals surface area contributed by atoms with Gasteiger partial charge in [0.2, 0.25) is 0 Å². The summed E-state index contributed by atoms with van der Waals surface area (Å²) in [4.78, 5) is -11.2. The molecule has 0 unspecified atom stereocenters. The van der Waals surface area contributed by atoms with Gasteiger partial charge in [0.25, 0.3) is 0 Å². The molecule has 0 aliphatic carbocycles. The lowest BCUT2D eigenvalue weighted by Crippen LogP contribution is -2.56. The Morgan fingerprint density at radius 3 is 0.727 bits per heavy atom. The molecular weight excluding hydrogens is 492 g/mol. The van der Waals surface area contributed by atoms with Crippen LogP contribution in [0.1, 0.15) is 0 Å². The second-order valence-electron chi connectivity index (χ2n) is 3.27.